The SMILES string of the molecule is CCC1(C)OC(c2ccc(S(N)(=O)=O)cc2)=C(c2ccn(C)n2)C1=O. The number of aromatic nitrogens is 2. The molecule has 2 aromatic rings. The molecular weight excluding hydrogens is 342 g/mol. The lowest BCUT2D eigenvalue weighted by molar-refractivity contribution is -0.126. The van der Waals surface area contributed by atoms with Gasteiger partial charge >= 0.3 is 0 Å². The van der Waals surface area contributed by atoms with E-state index in [1.54, 1.807) is 43.0 Å². The van der Waals surface area contributed by atoms with Gasteiger partial charge in [0.05, 0.1) is 16.2 Å². The predicted molar refractivity (Wildman–Crippen MR) is 92.6 cm³/mol. The van der Waals surface area contributed by atoms with Gasteiger partial charge in [-0.15, -0.1) is 0 Å². The summed E-state index contributed by atoms with van der Waals surface area (Å²) in [6.07, 6.45) is 2.25. The Kier molecular flexibility index (Phi) is 4.04. The molecule has 1 unspecified atom stereocenters. The average molecular weight is 361 g/mol. The Balaban J connectivity index is 2.15. The highest BCUT2D eigenvalue weighted by Gasteiger charge is 2.45. The average Bonchev–Trinajstić information content (AvgIpc) is 3.09. The van der Waals surface area contributed by atoms with E-state index in [2.05, 4.69) is 5.10 Å². The molecule has 7 nitrogen and oxygen atoms in total. The van der Waals surface area contributed by atoms with E-state index in [1.165, 1.54) is 12.1 Å². The van der Waals surface area contributed by atoms with Crippen LogP contribution in [0.2, 0.25) is 0 Å². The Morgan fingerprint density at radius 1 is 1.24 bits per heavy atom. The van der Waals surface area contributed by atoms with Gasteiger partial charge in [-0.05, 0) is 43.7 Å². The number of aryl methyl sites for hydroxylation is 1. The molecule has 8 heteroatoms. The zero-order valence-electron chi connectivity index (χ0n) is 14.2. The van der Waals surface area contributed by atoms with Gasteiger partial charge in [0.2, 0.25) is 15.8 Å². The number of sulfonamides is 1. The normalized spacial score (nSPS) is 20.9. The van der Waals surface area contributed by atoms with Gasteiger partial charge in [-0.3, -0.25) is 9.48 Å². The minimum absolute atomic E-state index is 0.00110. The minimum Gasteiger partial charge on any atom is -0.478 e. The lowest BCUT2D eigenvalue weighted by atomic mass is 9.92. The highest BCUT2D eigenvalue weighted by molar-refractivity contribution is 7.89. The van der Waals surface area contributed by atoms with E-state index >= 15 is 0 Å². The summed E-state index contributed by atoms with van der Waals surface area (Å²) in [5.41, 5.74) is 0.544. The van der Waals surface area contributed by atoms with Crippen LogP contribution in [-0.4, -0.2) is 29.6 Å². The third-order valence-corrected chi connectivity index (χ3v) is 5.28. The molecule has 0 radical (unpaired) electrons. The van der Waals surface area contributed by atoms with Crippen molar-refractivity contribution in [1.29, 1.82) is 0 Å². The van der Waals surface area contributed by atoms with Crippen LogP contribution in [0.3, 0.4) is 0 Å². The molecule has 1 aliphatic rings. The molecule has 0 bridgehead atoms. The van der Waals surface area contributed by atoms with Crippen LogP contribution in [0, 0.1) is 0 Å². The lowest BCUT2D eigenvalue weighted by Crippen LogP contribution is -2.32. The van der Waals surface area contributed by atoms with E-state index in [0.717, 1.165) is 0 Å². The number of Topliss-reactive ketones (excluding diaryl/α,β-unsaturated/α-hetero) is 1. The molecule has 1 atom stereocenters. The minimum atomic E-state index is -3.78. The Morgan fingerprint density at radius 2 is 1.88 bits per heavy atom. The molecule has 0 amide bonds. The number of primary sulfonamides is 1. The molecule has 0 spiro atoms. The smallest absolute Gasteiger partial charge is 0.238 e. The van der Waals surface area contributed by atoms with Crippen molar-refractivity contribution >= 4 is 27.1 Å². The van der Waals surface area contributed by atoms with E-state index in [1.807, 2.05) is 6.92 Å². The number of carbonyl (C=O) groups is 1. The Morgan fingerprint density at radius 3 is 2.36 bits per heavy atom. The molecular formula is C17H19N3O4S. The third kappa shape index (κ3) is 2.98. The summed E-state index contributed by atoms with van der Waals surface area (Å²) in [5, 5.41) is 9.45. The number of carbonyl (C=O) groups excluding carboxylic acids is 1. The number of nitrogens with two attached hydrogens (primary N) is 1. The number of ether oxygens (including phenoxy) is 1. The van der Waals surface area contributed by atoms with Crippen LogP contribution >= 0.6 is 0 Å². The first-order chi connectivity index (χ1) is 11.7. The fourth-order valence-corrected chi connectivity index (χ4v) is 3.22. The van der Waals surface area contributed by atoms with Gasteiger partial charge in [0.1, 0.15) is 5.76 Å². The van der Waals surface area contributed by atoms with Gasteiger partial charge < -0.3 is 4.74 Å². The molecule has 2 heterocycles. The molecule has 1 aromatic carbocycles. The van der Waals surface area contributed by atoms with Crippen molar-refractivity contribution in [3.05, 3.63) is 47.8 Å². The molecule has 132 valence electrons. The summed E-state index contributed by atoms with van der Waals surface area (Å²) in [4.78, 5) is 12.9. The zero-order chi connectivity index (χ0) is 18.4. The van der Waals surface area contributed by atoms with Gasteiger partial charge in [-0.25, -0.2) is 13.6 Å². The summed E-state index contributed by atoms with van der Waals surface area (Å²) < 4.78 is 30.5. The maximum atomic E-state index is 12.9. The molecule has 1 aromatic heterocycles. The van der Waals surface area contributed by atoms with Crippen molar-refractivity contribution in [3.63, 3.8) is 0 Å². The van der Waals surface area contributed by atoms with Crippen LogP contribution < -0.4 is 5.14 Å². The number of benzene rings is 1. The fraction of sp³-hybridized carbons (Fsp3) is 0.294. The first-order valence-electron chi connectivity index (χ1n) is 7.77. The van der Waals surface area contributed by atoms with Gasteiger partial charge in [0.15, 0.2) is 5.60 Å². The Hall–Kier alpha value is -2.45. The first kappa shape index (κ1) is 17.4. The summed E-state index contributed by atoms with van der Waals surface area (Å²) in [6, 6.07) is 7.68. The van der Waals surface area contributed by atoms with E-state index < -0.39 is 15.6 Å². The number of nitrogens with zero attached hydrogens (tertiary/aromatic N) is 2. The van der Waals surface area contributed by atoms with Gasteiger partial charge in [0, 0.05) is 18.8 Å². The van der Waals surface area contributed by atoms with Crippen molar-refractivity contribution in [1.82, 2.24) is 9.78 Å². The molecule has 0 fully saturated rings. The molecule has 1 aliphatic heterocycles. The largest absolute Gasteiger partial charge is 0.478 e. The summed E-state index contributed by atoms with van der Waals surface area (Å²) in [5.74, 6) is 0.258. The number of ketones is 1. The predicted octanol–water partition coefficient (Wildman–Crippen LogP) is 1.70. The molecule has 2 N–H and O–H groups in total. The van der Waals surface area contributed by atoms with Gasteiger partial charge in [-0.1, -0.05) is 6.92 Å². The van der Waals surface area contributed by atoms with E-state index in [-0.39, 0.29) is 10.7 Å². The molecule has 25 heavy (non-hydrogen) atoms. The topological polar surface area (TPSA) is 104 Å². The number of rotatable bonds is 4. The lowest BCUT2D eigenvalue weighted by Gasteiger charge is -2.21. The quantitative estimate of drug-likeness (QED) is 0.892. The van der Waals surface area contributed by atoms with Crippen molar-refractivity contribution in [3.8, 4) is 0 Å². The standard InChI is InChI=1S/C17H19N3O4S/c1-4-17(2)16(21)14(13-9-10-20(3)19-13)15(24-17)11-5-7-12(8-6-11)25(18,22)23/h5-10H,4H2,1-3H3,(H2,18,22,23). The highest BCUT2D eigenvalue weighted by atomic mass is 32.2. The monoisotopic (exact) mass is 361 g/mol. The van der Waals surface area contributed by atoms with Crippen molar-refractivity contribution in [2.75, 3.05) is 0 Å². The van der Waals surface area contributed by atoms with Crippen LogP contribution in [0.15, 0.2) is 41.4 Å². The summed E-state index contributed by atoms with van der Waals surface area (Å²) in [6.45, 7) is 3.62. The highest BCUT2D eigenvalue weighted by Crippen LogP contribution is 2.42. The van der Waals surface area contributed by atoms with Crippen LogP contribution in [0.25, 0.3) is 11.3 Å². The number of hydrogen-bond donors (Lipinski definition) is 1. The summed E-state index contributed by atoms with van der Waals surface area (Å²) >= 11 is 0. The van der Waals surface area contributed by atoms with E-state index in [0.29, 0.717) is 29.0 Å². The van der Waals surface area contributed by atoms with Crippen LogP contribution in [0.1, 0.15) is 31.5 Å². The van der Waals surface area contributed by atoms with Crippen LogP contribution in [0.4, 0.5) is 0 Å². The molecule has 0 aliphatic carbocycles. The maximum Gasteiger partial charge on any atom is 0.238 e. The van der Waals surface area contributed by atoms with Crippen molar-refractivity contribution < 1.29 is 17.9 Å². The maximum absolute atomic E-state index is 12.9. The molecule has 3 rings (SSSR count). The van der Waals surface area contributed by atoms with Crippen molar-refractivity contribution in [2.24, 2.45) is 12.2 Å². The third-order valence-electron chi connectivity index (χ3n) is 4.35. The zero-order valence-corrected chi connectivity index (χ0v) is 15.0. The van der Waals surface area contributed by atoms with Gasteiger partial charge in [0.25, 0.3) is 0 Å². The van der Waals surface area contributed by atoms with Crippen LogP contribution in [0.5, 0.6) is 0 Å². The second kappa shape index (κ2) is 5.82. The number of hydrogen-bond acceptors (Lipinski definition) is 5. The van der Waals surface area contributed by atoms with Crippen LogP contribution in [-0.2, 0) is 26.6 Å². The Labute approximate surface area is 146 Å². The molecule has 0 saturated heterocycles. The summed E-state index contributed by atoms with van der Waals surface area (Å²) in [7, 11) is -2.02. The van der Waals surface area contributed by atoms with E-state index in [9.17, 15) is 13.2 Å². The van der Waals surface area contributed by atoms with Crippen molar-refractivity contribution in [2.45, 2.75) is 30.8 Å². The van der Waals surface area contributed by atoms with E-state index in [4.69, 9.17) is 9.88 Å². The Bertz CT molecular complexity index is 974. The first-order valence-corrected chi connectivity index (χ1v) is 9.31. The fourth-order valence-electron chi connectivity index (χ4n) is 2.70. The van der Waals surface area contributed by atoms with Gasteiger partial charge in [-0.2, -0.15) is 5.10 Å². The molecule has 0 saturated carbocycles. The second-order valence-electron chi connectivity index (χ2n) is 6.16. The second-order valence-corrected chi connectivity index (χ2v) is 7.73.